The van der Waals surface area contributed by atoms with Crippen LogP contribution in [0.25, 0.3) is 6.08 Å². The number of benzene rings is 2. The van der Waals surface area contributed by atoms with E-state index in [2.05, 4.69) is 29.2 Å². The summed E-state index contributed by atoms with van der Waals surface area (Å²) < 4.78 is 6.78. The van der Waals surface area contributed by atoms with Crippen LogP contribution in [0.2, 0.25) is 5.02 Å². The largest absolute Gasteiger partial charge is 0.488 e. The molecule has 0 aliphatic carbocycles. The van der Waals surface area contributed by atoms with Crippen molar-refractivity contribution in [3.63, 3.8) is 0 Å². The molecule has 0 saturated carbocycles. The van der Waals surface area contributed by atoms with Crippen LogP contribution in [-0.2, 0) is 11.4 Å². The SMILES string of the molecule is C=CCN1C(=O)S/C(=C/c2ccc(OCc3ccc(Cl)cc3)c(I)c2)C1=O. The average molecular weight is 512 g/mol. The van der Waals surface area contributed by atoms with E-state index in [1.165, 1.54) is 11.0 Å². The van der Waals surface area contributed by atoms with Gasteiger partial charge in [0.15, 0.2) is 0 Å². The molecule has 2 aromatic rings. The van der Waals surface area contributed by atoms with Crippen LogP contribution >= 0.6 is 46.0 Å². The minimum Gasteiger partial charge on any atom is -0.488 e. The van der Waals surface area contributed by atoms with E-state index in [4.69, 9.17) is 16.3 Å². The van der Waals surface area contributed by atoms with Crippen molar-refractivity contribution in [1.82, 2.24) is 4.90 Å². The molecule has 7 heteroatoms. The van der Waals surface area contributed by atoms with Crippen molar-refractivity contribution in [2.45, 2.75) is 6.61 Å². The number of carbonyl (C=O) groups is 2. The van der Waals surface area contributed by atoms with Crippen molar-refractivity contribution in [3.8, 4) is 5.75 Å². The lowest BCUT2D eigenvalue weighted by atomic mass is 10.2. The molecule has 0 unspecified atom stereocenters. The fraction of sp³-hybridized carbons (Fsp3) is 0.100. The Labute approximate surface area is 180 Å². The van der Waals surface area contributed by atoms with Crippen molar-refractivity contribution < 1.29 is 14.3 Å². The zero-order valence-corrected chi connectivity index (χ0v) is 17.9. The summed E-state index contributed by atoms with van der Waals surface area (Å²) in [5.74, 6) is 0.463. The number of amides is 2. The molecule has 0 spiro atoms. The number of hydrogen-bond donors (Lipinski definition) is 0. The Morgan fingerprint density at radius 3 is 2.59 bits per heavy atom. The molecule has 2 amide bonds. The number of halogens is 2. The van der Waals surface area contributed by atoms with E-state index >= 15 is 0 Å². The predicted octanol–water partition coefficient (Wildman–Crippen LogP) is 5.75. The summed E-state index contributed by atoms with van der Waals surface area (Å²) in [4.78, 5) is 25.8. The molecule has 2 aromatic carbocycles. The first-order valence-electron chi connectivity index (χ1n) is 8.01. The number of hydrogen-bond acceptors (Lipinski definition) is 4. The van der Waals surface area contributed by atoms with Crippen LogP contribution in [0.15, 0.2) is 60.0 Å². The Morgan fingerprint density at radius 1 is 1.19 bits per heavy atom. The van der Waals surface area contributed by atoms with Crippen LogP contribution in [0.4, 0.5) is 4.79 Å². The van der Waals surface area contributed by atoms with Gasteiger partial charge in [0.25, 0.3) is 11.1 Å². The van der Waals surface area contributed by atoms with Crippen LogP contribution in [0.1, 0.15) is 11.1 Å². The van der Waals surface area contributed by atoms with Gasteiger partial charge in [-0.15, -0.1) is 6.58 Å². The van der Waals surface area contributed by atoms with E-state index in [-0.39, 0.29) is 17.7 Å². The second-order valence-corrected chi connectivity index (χ2v) is 8.28. The fourth-order valence-corrected chi connectivity index (χ4v) is 4.07. The third kappa shape index (κ3) is 4.94. The highest BCUT2D eigenvalue weighted by atomic mass is 127. The molecule has 0 radical (unpaired) electrons. The summed E-state index contributed by atoms with van der Waals surface area (Å²) in [5, 5.41) is 0.416. The summed E-state index contributed by atoms with van der Waals surface area (Å²) >= 11 is 9.02. The standard InChI is InChI=1S/C20H15ClINO3S/c1-2-9-23-19(24)18(27-20(23)25)11-14-5-8-17(16(22)10-14)26-12-13-3-6-15(21)7-4-13/h2-8,10-11H,1,9,12H2/b18-11+. The molecule has 4 nitrogen and oxygen atoms in total. The third-order valence-electron chi connectivity index (χ3n) is 3.75. The molecule has 1 aliphatic rings. The van der Waals surface area contributed by atoms with Gasteiger partial charge < -0.3 is 4.74 Å². The summed E-state index contributed by atoms with van der Waals surface area (Å²) in [6.07, 6.45) is 3.26. The molecule has 1 fully saturated rings. The maximum atomic E-state index is 12.3. The van der Waals surface area contributed by atoms with Gasteiger partial charge in [-0.3, -0.25) is 14.5 Å². The molecule has 1 heterocycles. The smallest absolute Gasteiger partial charge is 0.293 e. The predicted molar refractivity (Wildman–Crippen MR) is 118 cm³/mol. The highest BCUT2D eigenvalue weighted by Crippen LogP contribution is 2.33. The number of rotatable bonds is 6. The van der Waals surface area contributed by atoms with Gasteiger partial charge in [-0.1, -0.05) is 35.9 Å². The van der Waals surface area contributed by atoms with Gasteiger partial charge in [0.1, 0.15) is 12.4 Å². The first-order chi connectivity index (χ1) is 13.0. The summed E-state index contributed by atoms with van der Waals surface area (Å²) in [6.45, 7) is 4.23. The Bertz CT molecular complexity index is 927. The molecule has 138 valence electrons. The van der Waals surface area contributed by atoms with E-state index in [0.717, 1.165) is 32.2 Å². The molecule has 1 saturated heterocycles. The highest BCUT2D eigenvalue weighted by molar-refractivity contribution is 14.1. The van der Waals surface area contributed by atoms with E-state index in [1.54, 1.807) is 6.08 Å². The second-order valence-electron chi connectivity index (χ2n) is 5.69. The zero-order chi connectivity index (χ0) is 19.4. The lowest BCUT2D eigenvalue weighted by Crippen LogP contribution is -2.27. The van der Waals surface area contributed by atoms with Crippen LogP contribution in [-0.4, -0.2) is 22.6 Å². The lowest BCUT2D eigenvalue weighted by Gasteiger charge is -2.09. The lowest BCUT2D eigenvalue weighted by molar-refractivity contribution is -0.122. The number of imide groups is 1. The molecule has 27 heavy (non-hydrogen) atoms. The van der Waals surface area contributed by atoms with E-state index in [0.29, 0.717) is 16.5 Å². The van der Waals surface area contributed by atoms with Gasteiger partial charge in [0.05, 0.1) is 8.48 Å². The first kappa shape index (κ1) is 20.0. The molecule has 0 atom stereocenters. The summed E-state index contributed by atoms with van der Waals surface area (Å²) in [6, 6.07) is 13.1. The second kappa shape index (κ2) is 8.95. The number of nitrogens with zero attached hydrogens (tertiary/aromatic N) is 1. The quantitative estimate of drug-likeness (QED) is 0.282. The van der Waals surface area contributed by atoms with E-state index < -0.39 is 0 Å². The molecule has 0 N–H and O–H groups in total. The van der Waals surface area contributed by atoms with Crippen molar-refractivity contribution >= 4 is 63.2 Å². The van der Waals surface area contributed by atoms with E-state index in [1.807, 2.05) is 42.5 Å². The zero-order valence-electron chi connectivity index (χ0n) is 14.2. The maximum Gasteiger partial charge on any atom is 0.293 e. The van der Waals surface area contributed by atoms with E-state index in [9.17, 15) is 9.59 Å². The molecule has 0 aromatic heterocycles. The van der Waals surface area contributed by atoms with Gasteiger partial charge in [-0.05, 0) is 75.8 Å². The van der Waals surface area contributed by atoms with Gasteiger partial charge in [-0.25, -0.2) is 0 Å². The first-order valence-corrected chi connectivity index (χ1v) is 10.3. The Morgan fingerprint density at radius 2 is 1.93 bits per heavy atom. The van der Waals surface area contributed by atoms with Crippen LogP contribution in [0, 0.1) is 3.57 Å². The minimum atomic E-state index is -0.289. The Hall–Kier alpha value is -1.77. The number of thioether (sulfide) groups is 1. The Kier molecular flexibility index (Phi) is 6.62. The van der Waals surface area contributed by atoms with Gasteiger partial charge >= 0.3 is 0 Å². The van der Waals surface area contributed by atoms with Crippen molar-refractivity contribution in [2.24, 2.45) is 0 Å². The van der Waals surface area contributed by atoms with Gasteiger partial charge in [-0.2, -0.15) is 0 Å². The third-order valence-corrected chi connectivity index (χ3v) is 5.75. The van der Waals surface area contributed by atoms with Crippen molar-refractivity contribution in [3.05, 3.63) is 79.7 Å². The van der Waals surface area contributed by atoms with Crippen molar-refractivity contribution in [2.75, 3.05) is 6.54 Å². The van der Waals surface area contributed by atoms with Crippen LogP contribution in [0.5, 0.6) is 5.75 Å². The fourth-order valence-electron chi connectivity index (χ4n) is 2.40. The minimum absolute atomic E-state index is 0.219. The van der Waals surface area contributed by atoms with Crippen LogP contribution in [0.3, 0.4) is 0 Å². The molecular weight excluding hydrogens is 497 g/mol. The normalized spacial score (nSPS) is 15.5. The summed E-state index contributed by atoms with van der Waals surface area (Å²) in [7, 11) is 0. The topological polar surface area (TPSA) is 46.6 Å². The Balaban J connectivity index is 1.71. The molecular formula is C20H15ClINO3S. The van der Waals surface area contributed by atoms with Crippen LogP contribution < -0.4 is 4.74 Å². The molecule has 3 rings (SSSR count). The number of ether oxygens (including phenoxy) is 1. The monoisotopic (exact) mass is 511 g/mol. The highest BCUT2D eigenvalue weighted by Gasteiger charge is 2.34. The molecule has 0 bridgehead atoms. The van der Waals surface area contributed by atoms with Gasteiger partial charge in [0, 0.05) is 11.6 Å². The average Bonchev–Trinajstić information content (AvgIpc) is 2.90. The number of carbonyl (C=O) groups excluding carboxylic acids is 2. The summed E-state index contributed by atoms with van der Waals surface area (Å²) in [5.41, 5.74) is 1.86. The molecule has 1 aliphatic heterocycles. The maximum absolute atomic E-state index is 12.3. The van der Waals surface area contributed by atoms with Gasteiger partial charge in [0.2, 0.25) is 0 Å². The van der Waals surface area contributed by atoms with Crippen molar-refractivity contribution in [1.29, 1.82) is 0 Å².